The van der Waals surface area contributed by atoms with E-state index >= 15 is 0 Å². The standard InChI is InChI=1S/C19H11F5O/c20-15-6-1-13(2-7-15)17-10-5-14(11-18(17)21)12-3-8-16(9-4-12)25-19(22,23)24/h1-11H. The second kappa shape index (κ2) is 6.55. The lowest BCUT2D eigenvalue weighted by molar-refractivity contribution is -0.274. The Hall–Kier alpha value is -2.89. The minimum absolute atomic E-state index is 0.306. The normalized spacial score (nSPS) is 11.4. The summed E-state index contributed by atoms with van der Waals surface area (Å²) in [5, 5.41) is 0. The van der Waals surface area contributed by atoms with Crippen molar-refractivity contribution < 1.29 is 26.7 Å². The average molecular weight is 350 g/mol. The molecule has 0 saturated carbocycles. The second-order valence-electron chi connectivity index (χ2n) is 5.27. The maximum Gasteiger partial charge on any atom is 0.573 e. The number of benzene rings is 3. The number of alkyl halides is 3. The number of hydrogen-bond acceptors (Lipinski definition) is 1. The van der Waals surface area contributed by atoms with Gasteiger partial charge in [-0.2, -0.15) is 0 Å². The van der Waals surface area contributed by atoms with Gasteiger partial charge in [0.1, 0.15) is 17.4 Å². The zero-order chi connectivity index (χ0) is 18.0. The maximum atomic E-state index is 14.4. The molecular formula is C19H11F5O. The highest BCUT2D eigenvalue weighted by Crippen LogP contribution is 2.30. The molecule has 0 radical (unpaired) electrons. The number of ether oxygens (including phenoxy) is 1. The molecule has 6 heteroatoms. The van der Waals surface area contributed by atoms with Crippen molar-refractivity contribution in [3.05, 3.63) is 78.4 Å². The van der Waals surface area contributed by atoms with Gasteiger partial charge in [-0.3, -0.25) is 0 Å². The van der Waals surface area contributed by atoms with E-state index < -0.39 is 18.0 Å². The minimum atomic E-state index is -4.76. The molecule has 0 aliphatic carbocycles. The van der Waals surface area contributed by atoms with E-state index in [9.17, 15) is 22.0 Å². The molecule has 0 spiro atoms. The van der Waals surface area contributed by atoms with Crippen LogP contribution in [0.1, 0.15) is 0 Å². The summed E-state index contributed by atoms with van der Waals surface area (Å²) in [6.07, 6.45) is -4.76. The first-order valence-electron chi connectivity index (χ1n) is 7.23. The van der Waals surface area contributed by atoms with Crippen LogP contribution >= 0.6 is 0 Å². The molecule has 128 valence electrons. The molecule has 0 fully saturated rings. The highest BCUT2D eigenvalue weighted by atomic mass is 19.4. The van der Waals surface area contributed by atoms with Crippen LogP contribution in [0.15, 0.2) is 66.7 Å². The molecule has 0 unspecified atom stereocenters. The first kappa shape index (κ1) is 17.0. The van der Waals surface area contributed by atoms with Crippen LogP contribution in [0.5, 0.6) is 5.75 Å². The van der Waals surface area contributed by atoms with E-state index in [2.05, 4.69) is 4.74 Å². The Morgan fingerprint density at radius 2 is 1.20 bits per heavy atom. The molecule has 3 aromatic carbocycles. The lowest BCUT2D eigenvalue weighted by Crippen LogP contribution is -2.16. The summed E-state index contributed by atoms with van der Waals surface area (Å²) in [4.78, 5) is 0. The smallest absolute Gasteiger partial charge is 0.406 e. The van der Waals surface area contributed by atoms with Crippen LogP contribution in [0.3, 0.4) is 0 Å². The summed E-state index contributed by atoms with van der Waals surface area (Å²) in [6, 6.07) is 15.0. The highest BCUT2D eigenvalue weighted by Gasteiger charge is 2.30. The van der Waals surface area contributed by atoms with Crippen LogP contribution in [0.4, 0.5) is 22.0 Å². The third kappa shape index (κ3) is 4.15. The second-order valence-corrected chi connectivity index (χ2v) is 5.27. The molecule has 0 atom stereocenters. The SMILES string of the molecule is Fc1ccc(-c2ccc(-c3ccc(OC(F)(F)F)cc3)cc2F)cc1. The Labute approximate surface area is 140 Å². The van der Waals surface area contributed by atoms with Crippen molar-refractivity contribution in [1.82, 2.24) is 0 Å². The van der Waals surface area contributed by atoms with Gasteiger partial charge in [0.25, 0.3) is 0 Å². The summed E-state index contributed by atoms with van der Waals surface area (Å²) in [6.45, 7) is 0. The van der Waals surface area contributed by atoms with Crippen molar-refractivity contribution in [2.45, 2.75) is 6.36 Å². The third-order valence-electron chi connectivity index (χ3n) is 3.55. The van der Waals surface area contributed by atoms with Crippen molar-refractivity contribution in [2.75, 3.05) is 0 Å². The minimum Gasteiger partial charge on any atom is -0.406 e. The van der Waals surface area contributed by atoms with Crippen molar-refractivity contribution in [3.63, 3.8) is 0 Å². The topological polar surface area (TPSA) is 9.23 Å². The molecule has 1 nitrogen and oxygen atoms in total. The zero-order valence-electron chi connectivity index (χ0n) is 12.6. The quantitative estimate of drug-likeness (QED) is 0.511. The maximum absolute atomic E-state index is 14.4. The highest BCUT2D eigenvalue weighted by molar-refractivity contribution is 5.71. The number of halogens is 5. The van der Waals surface area contributed by atoms with E-state index in [0.717, 1.165) is 12.1 Å². The van der Waals surface area contributed by atoms with E-state index in [4.69, 9.17) is 0 Å². The van der Waals surface area contributed by atoms with Gasteiger partial charge in [0.15, 0.2) is 0 Å². The van der Waals surface area contributed by atoms with Gasteiger partial charge in [-0.1, -0.05) is 36.4 Å². The molecule has 0 aromatic heterocycles. The molecular weight excluding hydrogens is 339 g/mol. The van der Waals surface area contributed by atoms with E-state index in [1.165, 1.54) is 48.5 Å². The first-order chi connectivity index (χ1) is 11.8. The molecule has 0 bridgehead atoms. The van der Waals surface area contributed by atoms with Gasteiger partial charge in [-0.05, 0) is 47.0 Å². The van der Waals surface area contributed by atoms with Crippen LogP contribution < -0.4 is 4.74 Å². The summed E-state index contributed by atoms with van der Waals surface area (Å²) in [5.41, 5.74) is 1.88. The molecule has 0 amide bonds. The van der Waals surface area contributed by atoms with E-state index in [-0.39, 0.29) is 5.75 Å². The Balaban J connectivity index is 1.86. The van der Waals surface area contributed by atoms with E-state index in [0.29, 0.717) is 22.3 Å². The van der Waals surface area contributed by atoms with Crippen LogP contribution in [0.2, 0.25) is 0 Å². The Morgan fingerprint density at radius 1 is 0.640 bits per heavy atom. The third-order valence-corrected chi connectivity index (χ3v) is 3.55. The Morgan fingerprint density at radius 3 is 1.76 bits per heavy atom. The van der Waals surface area contributed by atoms with Gasteiger partial charge in [0.2, 0.25) is 0 Å². The molecule has 25 heavy (non-hydrogen) atoms. The molecule has 0 aliphatic heterocycles. The zero-order valence-corrected chi connectivity index (χ0v) is 12.6. The lowest BCUT2D eigenvalue weighted by Gasteiger charge is -2.10. The fourth-order valence-electron chi connectivity index (χ4n) is 2.41. The Bertz CT molecular complexity index is 868. The van der Waals surface area contributed by atoms with Crippen LogP contribution in [0.25, 0.3) is 22.3 Å². The van der Waals surface area contributed by atoms with Crippen molar-refractivity contribution in [2.24, 2.45) is 0 Å². The fourth-order valence-corrected chi connectivity index (χ4v) is 2.41. The molecule has 0 saturated heterocycles. The van der Waals surface area contributed by atoms with Gasteiger partial charge >= 0.3 is 6.36 Å². The van der Waals surface area contributed by atoms with Crippen LogP contribution in [-0.2, 0) is 0 Å². The van der Waals surface area contributed by atoms with Crippen molar-refractivity contribution in [1.29, 1.82) is 0 Å². The molecule has 0 heterocycles. The van der Waals surface area contributed by atoms with Gasteiger partial charge in [0.05, 0.1) is 0 Å². The van der Waals surface area contributed by atoms with Gasteiger partial charge in [0, 0.05) is 5.56 Å². The number of rotatable bonds is 3. The molecule has 0 N–H and O–H groups in total. The van der Waals surface area contributed by atoms with E-state index in [1.807, 2.05) is 0 Å². The van der Waals surface area contributed by atoms with Crippen molar-refractivity contribution >= 4 is 0 Å². The average Bonchev–Trinajstić information content (AvgIpc) is 2.55. The first-order valence-corrected chi connectivity index (χ1v) is 7.23. The van der Waals surface area contributed by atoms with Gasteiger partial charge < -0.3 is 4.74 Å². The monoisotopic (exact) mass is 350 g/mol. The van der Waals surface area contributed by atoms with Crippen LogP contribution in [0, 0.1) is 11.6 Å². The summed E-state index contributed by atoms with van der Waals surface area (Å²) in [7, 11) is 0. The largest absolute Gasteiger partial charge is 0.573 e. The summed E-state index contributed by atoms with van der Waals surface area (Å²) >= 11 is 0. The summed E-state index contributed by atoms with van der Waals surface area (Å²) in [5.74, 6) is -1.28. The molecule has 3 aromatic rings. The van der Waals surface area contributed by atoms with Gasteiger partial charge in [-0.25, -0.2) is 8.78 Å². The fraction of sp³-hybridized carbons (Fsp3) is 0.0526. The Kier molecular flexibility index (Phi) is 4.44. The summed E-state index contributed by atoms with van der Waals surface area (Å²) < 4.78 is 67.6. The van der Waals surface area contributed by atoms with Gasteiger partial charge in [-0.15, -0.1) is 13.2 Å². The lowest BCUT2D eigenvalue weighted by atomic mass is 9.99. The molecule has 0 aliphatic rings. The van der Waals surface area contributed by atoms with Crippen LogP contribution in [-0.4, -0.2) is 6.36 Å². The van der Waals surface area contributed by atoms with Crippen molar-refractivity contribution in [3.8, 4) is 28.0 Å². The number of hydrogen-bond donors (Lipinski definition) is 0. The predicted octanol–water partition coefficient (Wildman–Crippen LogP) is 6.20. The predicted molar refractivity (Wildman–Crippen MR) is 83.9 cm³/mol. The van der Waals surface area contributed by atoms with E-state index in [1.54, 1.807) is 6.07 Å². The molecule has 3 rings (SSSR count).